The third kappa shape index (κ3) is 3.19. The Morgan fingerprint density at radius 3 is 1.39 bits per heavy atom. The molecule has 2 aromatic rings. The number of likely N-dealkylation sites (N-methyl/N-ethyl adjacent to an activating group) is 2. The number of carbonyl (C=O) groups excluding carboxylic acids is 2. The first-order valence-corrected chi connectivity index (χ1v) is 9.21. The van der Waals surface area contributed by atoms with Gasteiger partial charge in [-0.05, 0) is 61.4 Å². The molecule has 2 aromatic carbocycles. The summed E-state index contributed by atoms with van der Waals surface area (Å²) in [5, 5.41) is 0. The standard InChI is InChI=1S/2C11H13NO2/c2*1-7-9-6-8(14-3)4-5-10(9)12(2)11(7)13/h2*4-7H,1-3H3. The molecule has 148 valence electrons. The van der Waals surface area contributed by atoms with E-state index in [4.69, 9.17) is 9.47 Å². The van der Waals surface area contributed by atoms with Crippen molar-refractivity contribution in [3.63, 3.8) is 0 Å². The molecule has 2 aliphatic heterocycles. The van der Waals surface area contributed by atoms with Gasteiger partial charge in [-0.25, -0.2) is 0 Å². The van der Waals surface area contributed by atoms with E-state index in [0.717, 1.165) is 34.0 Å². The van der Waals surface area contributed by atoms with Crippen LogP contribution in [0.3, 0.4) is 0 Å². The molecule has 28 heavy (non-hydrogen) atoms. The van der Waals surface area contributed by atoms with Gasteiger partial charge in [-0.1, -0.05) is 0 Å². The van der Waals surface area contributed by atoms with Gasteiger partial charge in [-0.3, -0.25) is 9.59 Å². The van der Waals surface area contributed by atoms with Crippen molar-refractivity contribution in [1.82, 2.24) is 0 Å². The topological polar surface area (TPSA) is 59.1 Å². The highest BCUT2D eigenvalue weighted by atomic mass is 16.5. The molecule has 0 fully saturated rings. The van der Waals surface area contributed by atoms with Gasteiger partial charge in [0.25, 0.3) is 0 Å². The largest absolute Gasteiger partial charge is 0.497 e. The number of hydrogen-bond acceptors (Lipinski definition) is 4. The Morgan fingerprint density at radius 2 is 1.07 bits per heavy atom. The fraction of sp³-hybridized carbons (Fsp3) is 0.364. The third-order valence-electron chi connectivity index (χ3n) is 5.53. The van der Waals surface area contributed by atoms with Crippen molar-refractivity contribution in [2.45, 2.75) is 25.7 Å². The Bertz CT molecular complexity index is 849. The molecule has 0 N–H and O–H groups in total. The van der Waals surface area contributed by atoms with E-state index in [-0.39, 0.29) is 23.7 Å². The lowest BCUT2D eigenvalue weighted by molar-refractivity contribution is -0.119. The Balaban J connectivity index is 0.000000161. The minimum Gasteiger partial charge on any atom is -0.497 e. The van der Waals surface area contributed by atoms with Crippen molar-refractivity contribution in [3.05, 3.63) is 47.5 Å². The van der Waals surface area contributed by atoms with E-state index >= 15 is 0 Å². The zero-order valence-corrected chi connectivity index (χ0v) is 17.1. The van der Waals surface area contributed by atoms with Crippen LogP contribution in [0.15, 0.2) is 36.4 Å². The van der Waals surface area contributed by atoms with Crippen LogP contribution >= 0.6 is 0 Å². The fourth-order valence-electron chi connectivity index (χ4n) is 3.71. The predicted molar refractivity (Wildman–Crippen MR) is 110 cm³/mol. The quantitative estimate of drug-likeness (QED) is 0.797. The predicted octanol–water partition coefficient (Wildman–Crippen LogP) is 3.55. The first kappa shape index (κ1) is 19.7. The summed E-state index contributed by atoms with van der Waals surface area (Å²) in [4.78, 5) is 26.7. The maximum Gasteiger partial charge on any atom is 0.234 e. The monoisotopic (exact) mass is 382 g/mol. The average molecular weight is 382 g/mol. The lowest BCUT2D eigenvalue weighted by Gasteiger charge is -2.09. The highest BCUT2D eigenvalue weighted by Gasteiger charge is 2.32. The number of methoxy groups -OCH3 is 2. The van der Waals surface area contributed by atoms with Crippen molar-refractivity contribution >= 4 is 23.2 Å². The molecule has 2 amide bonds. The molecule has 2 atom stereocenters. The number of hydrogen-bond donors (Lipinski definition) is 0. The number of carbonyl (C=O) groups is 2. The lowest BCUT2D eigenvalue weighted by Crippen LogP contribution is -2.22. The lowest BCUT2D eigenvalue weighted by atomic mass is 10.0. The van der Waals surface area contributed by atoms with Crippen LogP contribution in [-0.2, 0) is 9.59 Å². The van der Waals surface area contributed by atoms with Crippen molar-refractivity contribution in [1.29, 1.82) is 0 Å². The van der Waals surface area contributed by atoms with Gasteiger partial charge in [0.15, 0.2) is 0 Å². The van der Waals surface area contributed by atoms with Crippen LogP contribution in [0.4, 0.5) is 11.4 Å². The highest BCUT2D eigenvalue weighted by Crippen LogP contribution is 2.39. The van der Waals surface area contributed by atoms with Crippen LogP contribution in [0, 0.1) is 0 Å². The zero-order valence-electron chi connectivity index (χ0n) is 17.1. The Kier molecular flexibility index (Phi) is 5.31. The van der Waals surface area contributed by atoms with E-state index < -0.39 is 0 Å². The summed E-state index contributed by atoms with van der Waals surface area (Å²) in [6.07, 6.45) is 0. The van der Waals surface area contributed by atoms with Crippen LogP contribution in [-0.4, -0.2) is 40.1 Å². The molecule has 6 nitrogen and oxygen atoms in total. The maximum absolute atomic E-state index is 11.6. The van der Waals surface area contributed by atoms with Gasteiger partial charge in [-0.15, -0.1) is 0 Å². The number of fused-ring (bicyclic) bond motifs is 2. The molecule has 0 spiro atoms. The van der Waals surface area contributed by atoms with Crippen LogP contribution < -0.4 is 19.3 Å². The SMILES string of the molecule is COc1ccc2c(c1)C(C)C(=O)N2C.COc1ccc2c(c1)C(C)C(=O)N2C. The first-order chi connectivity index (χ1) is 13.3. The van der Waals surface area contributed by atoms with Crippen molar-refractivity contribution in [2.24, 2.45) is 0 Å². The van der Waals surface area contributed by atoms with E-state index in [1.807, 2.05) is 50.2 Å². The molecule has 2 heterocycles. The number of rotatable bonds is 2. The molecule has 0 saturated carbocycles. The minimum absolute atomic E-state index is 0.0508. The summed E-state index contributed by atoms with van der Waals surface area (Å²) in [7, 11) is 6.87. The second-order valence-corrected chi connectivity index (χ2v) is 7.09. The van der Waals surface area contributed by atoms with Gasteiger partial charge in [0, 0.05) is 25.5 Å². The van der Waals surface area contributed by atoms with Gasteiger partial charge in [-0.2, -0.15) is 0 Å². The molecule has 0 aromatic heterocycles. The molecule has 0 radical (unpaired) electrons. The zero-order chi connectivity index (χ0) is 20.6. The van der Waals surface area contributed by atoms with E-state index in [2.05, 4.69) is 0 Å². The first-order valence-electron chi connectivity index (χ1n) is 9.21. The summed E-state index contributed by atoms with van der Waals surface area (Å²) in [5.41, 5.74) is 4.08. The van der Waals surface area contributed by atoms with E-state index in [9.17, 15) is 9.59 Å². The molecule has 0 saturated heterocycles. The van der Waals surface area contributed by atoms with Gasteiger partial charge < -0.3 is 19.3 Å². The Hall–Kier alpha value is -3.02. The number of benzene rings is 2. The molecule has 2 aliphatic rings. The van der Waals surface area contributed by atoms with Crippen molar-refractivity contribution < 1.29 is 19.1 Å². The second kappa shape index (κ2) is 7.54. The maximum atomic E-state index is 11.6. The molecule has 4 rings (SSSR count). The molecular formula is C22H26N2O4. The van der Waals surface area contributed by atoms with E-state index in [1.54, 1.807) is 38.1 Å². The number of nitrogens with zero attached hydrogens (tertiary/aromatic N) is 2. The Morgan fingerprint density at radius 1 is 0.714 bits per heavy atom. The highest BCUT2D eigenvalue weighted by molar-refractivity contribution is 6.05. The van der Waals surface area contributed by atoms with E-state index in [0.29, 0.717) is 0 Å². The second-order valence-electron chi connectivity index (χ2n) is 7.09. The van der Waals surface area contributed by atoms with Crippen molar-refractivity contribution in [2.75, 3.05) is 38.1 Å². The Labute approximate surface area is 165 Å². The summed E-state index contributed by atoms with van der Waals surface area (Å²) < 4.78 is 10.3. The summed E-state index contributed by atoms with van der Waals surface area (Å²) in [6.45, 7) is 3.84. The van der Waals surface area contributed by atoms with Gasteiger partial charge >= 0.3 is 0 Å². The van der Waals surface area contributed by atoms with Crippen LogP contribution in [0.2, 0.25) is 0 Å². The number of ether oxygens (including phenoxy) is 2. The summed E-state index contributed by atoms with van der Waals surface area (Å²) in [5.74, 6) is 1.80. The fourth-order valence-corrected chi connectivity index (χ4v) is 3.71. The van der Waals surface area contributed by atoms with Crippen molar-refractivity contribution in [3.8, 4) is 11.5 Å². The van der Waals surface area contributed by atoms with E-state index in [1.165, 1.54) is 0 Å². The van der Waals surface area contributed by atoms with Gasteiger partial charge in [0.05, 0.1) is 26.1 Å². The molecule has 0 bridgehead atoms. The third-order valence-corrected chi connectivity index (χ3v) is 5.53. The minimum atomic E-state index is -0.0508. The normalized spacial score (nSPS) is 19.8. The molecule has 0 aliphatic carbocycles. The number of anilines is 2. The van der Waals surface area contributed by atoms with Gasteiger partial charge in [0.2, 0.25) is 11.8 Å². The molecule has 2 unspecified atom stereocenters. The van der Waals surface area contributed by atoms with Crippen LogP contribution in [0.5, 0.6) is 11.5 Å². The smallest absolute Gasteiger partial charge is 0.234 e. The average Bonchev–Trinajstić information content (AvgIpc) is 3.08. The summed E-state index contributed by atoms with van der Waals surface area (Å²) >= 11 is 0. The number of amides is 2. The van der Waals surface area contributed by atoms with Crippen LogP contribution in [0.25, 0.3) is 0 Å². The van der Waals surface area contributed by atoms with Crippen LogP contribution in [0.1, 0.15) is 36.8 Å². The molecular weight excluding hydrogens is 356 g/mol. The summed E-state index contributed by atoms with van der Waals surface area (Å²) in [6, 6.07) is 11.5. The van der Waals surface area contributed by atoms with Gasteiger partial charge in [0.1, 0.15) is 11.5 Å². The molecule has 6 heteroatoms.